The summed E-state index contributed by atoms with van der Waals surface area (Å²) in [5.41, 5.74) is 0.784. The molecule has 5 nitrogen and oxygen atoms in total. The molecule has 0 heterocycles. The summed E-state index contributed by atoms with van der Waals surface area (Å²) < 4.78 is 26.5. The van der Waals surface area contributed by atoms with Crippen LogP contribution in [-0.2, 0) is 10.0 Å². The Labute approximate surface area is 125 Å². The number of aromatic carboxylic acids is 1. The van der Waals surface area contributed by atoms with Gasteiger partial charge in [-0.25, -0.2) is 13.2 Å². The van der Waals surface area contributed by atoms with Gasteiger partial charge in [0.25, 0.3) is 0 Å². The lowest BCUT2D eigenvalue weighted by Gasteiger charge is -2.21. The molecule has 0 radical (unpaired) electrons. The Kier molecular flexibility index (Phi) is 5.46. The summed E-state index contributed by atoms with van der Waals surface area (Å²) >= 11 is 0. The van der Waals surface area contributed by atoms with Crippen LogP contribution in [0.2, 0.25) is 0 Å². The molecule has 0 aliphatic rings. The number of hydrogen-bond acceptors (Lipinski definition) is 3. The van der Waals surface area contributed by atoms with Crippen LogP contribution in [0, 0.1) is 13.8 Å². The van der Waals surface area contributed by atoms with E-state index in [1.54, 1.807) is 6.92 Å². The Bertz CT molecular complexity index is 667. The van der Waals surface area contributed by atoms with Gasteiger partial charge in [0.15, 0.2) is 0 Å². The first-order chi connectivity index (χ1) is 9.77. The molecule has 1 rings (SSSR count). The molecule has 0 aliphatic heterocycles. The molecule has 0 saturated carbocycles. The number of carboxylic acids is 1. The standard InChI is InChI=1S/C15H19NO4S/c1-5-9-16(10-6-2)21(19,20)13-8-7-11(3)14(12(13)4)15(17)18/h5-8H,1-2,9-10H2,3-4H3,(H,17,18). The van der Waals surface area contributed by atoms with E-state index in [9.17, 15) is 18.3 Å². The lowest BCUT2D eigenvalue weighted by molar-refractivity contribution is 0.0695. The van der Waals surface area contributed by atoms with Crippen molar-refractivity contribution in [3.63, 3.8) is 0 Å². The summed E-state index contributed by atoms with van der Waals surface area (Å²) in [6, 6.07) is 2.94. The Morgan fingerprint density at radius 1 is 1.24 bits per heavy atom. The van der Waals surface area contributed by atoms with Gasteiger partial charge in [0.2, 0.25) is 10.0 Å². The minimum absolute atomic E-state index is 0.00537. The van der Waals surface area contributed by atoms with E-state index in [4.69, 9.17) is 0 Å². The molecule has 1 aromatic carbocycles. The van der Waals surface area contributed by atoms with E-state index in [1.165, 1.54) is 35.5 Å². The third-order valence-electron chi connectivity index (χ3n) is 3.12. The van der Waals surface area contributed by atoms with Crippen molar-refractivity contribution in [2.75, 3.05) is 13.1 Å². The Balaban J connectivity index is 3.51. The summed E-state index contributed by atoms with van der Waals surface area (Å²) in [5, 5.41) is 9.24. The van der Waals surface area contributed by atoms with Gasteiger partial charge in [-0.1, -0.05) is 18.2 Å². The predicted octanol–water partition coefficient (Wildman–Crippen LogP) is 2.36. The molecule has 21 heavy (non-hydrogen) atoms. The Hall–Kier alpha value is -1.92. The zero-order valence-corrected chi connectivity index (χ0v) is 13.0. The topological polar surface area (TPSA) is 74.7 Å². The van der Waals surface area contributed by atoms with Crippen molar-refractivity contribution in [1.29, 1.82) is 0 Å². The van der Waals surface area contributed by atoms with Gasteiger partial charge in [-0.2, -0.15) is 4.31 Å². The monoisotopic (exact) mass is 309 g/mol. The Morgan fingerprint density at radius 3 is 2.19 bits per heavy atom. The molecule has 0 amide bonds. The smallest absolute Gasteiger partial charge is 0.336 e. The first-order valence-corrected chi connectivity index (χ1v) is 7.76. The minimum atomic E-state index is -3.80. The Morgan fingerprint density at radius 2 is 1.76 bits per heavy atom. The zero-order chi connectivity index (χ0) is 16.2. The molecule has 0 spiro atoms. The molecule has 0 fully saturated rings. The molecular weight excluding hydrogens is 290 g/mol. The van der Waals surface area contributed by atoms with Crippen LogP contribution in [0.15, 0.2) is 42.3 Å². The van der Waals surface area contributed by atoms with E-state index in [1.807, 2.05) is 0 Å². The summed E-state index contributed by atoms with van der Waals surface area (Å²) in [7, 11) is -3.80. The quantitative estimate of drug-likeness (QED) is 0.785. The first-order valence-electron chi connectivity index (χ1n) is 6.32. The number of nitrogens with zero attached hydrogens (tertiary/aromatic N) is 1. The molecule has 114 valence electrons. The van der Waals surface area contributed by atoms with Crippen molar-refractivity contribution in [3.05, 3.63) is 54.1 Å². The average Bonchev–Trinajstić information content (AvgIpc) is 2.37. The maximum Gasteiger partial charge on any atom is 0.336 e. The maximum absolute atomic E-state index is 12.7. The highest BCUT2D eigenvalue weighted by molar-refractivity contribution is 7.89. The van der Waals surface area contributed by atoms with Gasteiger partial charge in [0, 0.05) is 13.1 Å². The highest BCUT2D eigenvalue weighted by Gasteiger charge is 2.27. The van der Waals surface area contributed by atoms with Gasteiger partial charge in [-0.05, 0) is 31.0 Å². The largest absolute Gasteiger partial charge is 0.478 e. The minimum Gasteiger partial charge on any atom is -0.478 e. The number of hydrogen-bond donors (Lipinski definition) is 1. The second-order valence-electron chi connectivity index (χ2n) is 4.59. The van der Waals surface area contributed by atoms with Gasteiger partial charge in [0.05, 0.1) is 10.5 Å². The van der Waals surface area contributed by atoms with Crippen LogP contribution >= 0.6 is 0 Å². The van der Waals surface area contributed by atoms with E-state index in [0.717, 1.165) is 0 Å². The normalized spacial score (nSPS) is 11.4. The van der Waals surface area contributed by atoms with E-state index in [-0.39, 0.29) is 29.1 Å². The number of rotatable bonds is 7. The third-order valence-corrected chi connectivity index (χ3v) is 5.10. The molecule has 0 aromatic heterocycles. The van der Waals surface area contributed by atoms with Crippen molar-refractivity contribution < 1.29 is 18.3 Å². The average molecular weight is 309 g/mol. The summed E-state index contributed by atoms with van der Waals surface area (Å²) in [5.74, 6) is -1.14. The van der Waals surface area contributed by atoms with Crippen LogP contribution < -0.4 is 0 Å². The fourth-order valence-corrected chi connectivity index (χ4v) is 3.74. The van der Waals surface area contributed by atoms with Crippen LogP contribution in [0.25, 0.3) is 0 Å². The molecule has 0 aliphatic carbocycles. The second kappa shape index (κ2) is 6.69. The van der Waals surface area contributed by atoms with E-state index < -0.39 is 16.0 Å². The van der Waals surface area contributed by atoms with Crippen LogP contribution in [-0.4, -0.2) is 36.9 Å². The molecule has 1 aromatic rings. The summed E-state index contributed by atoms with van der Waals surface area (Å²) in [6.45, 7) is 10.5. The zero-order valence-electron chi connectivity index (χ0n) is 12.2. The van der Waals surface area contributed by atoms with Crippen LogP contribution in [0.4, 0.5) is 0 Å². The van der Waals surface area contributed by atoms with Gasteiger partial charge in [-0.15, -0.1) is 13.2 Å². The van der Waals surface area contributed by atoms with E-state index in [0.29, 0.717) is 5.56 Å². The number of aryl methyl sites for hydroxylation is 1. The van der Waals surface area contributed by atoms with Gasteiger partial charge in [-0.3, -0.25) is 0 Å². The van der Waals surface area contributed by atoms with Gasteiger partial charge < -0.3 is 5.11 Å². The molecule has 0 saturated heterocycles. The molecule has 6 heteroatoms. The molecular formula is C15H19NO4S. The van der Waals surface area contributed by atoms with E-state index in [2.05, 4.69) is 13.2 Å². The maximum atomic E-state index is 12.7. The van der Waals surface area contributed by atoms with Crippen molar-refractivity contribution in [2.45, 2.75) is 18.7 Å². The molecule has 1 N–H and O–H groups in total. The van der Waals surface area contributed by atoms with E-state index >= 15 is 0 Å². The van der Waals surface area contributed by atoms with Crippen LogP contribution in [0.5, 0.6) is 0 Å². The number of carbonyl (C=O) groups is 1. The number of benzene rings is 1. The lowest BCUT2D eigenvalue weighted by Crippen LogP contribution is -2.32. The van der Waals surface area contributed by atoms with Crippen LogP contribution in [0.1, 0.15) is 21.5 Å². The highest BCUT2D eigenvalue weighted by Crippen LogP contribution is 2.25. The van der Waals surface area contributed by atoms with Gasteiger partial charge in [0.1, 0.15) is 0 Å². The molecule has 0 bridgehead atoms. The predicted molar refractivity (Wildman–Crippen MR) is 82.0 cm³/mol. The van der Waals surface area contributed by atoms with Crippen molar-refractivity contribution >= 4 is 16.0 Å². The number of carboxylic acid groups (broad SMARTS) is 1. The summed E-state index contributed by atoms with van der Waals surface area (Å²) in [6.07, 6.45) is 2.95. The molecule has 0 unspecified atom stereocenters. The van der Waals surface area contributed by atoms with Gasteiger partial charge >= 0.3 is 5.97 Å². The van der Waals surface area contributed by atoms with Crippen LogP contribution in [0.3, 0.4) is 0 Å². The summed E-state index contributed by atoms with van der Waals surface area (Å²) in [4.78, 5) is 11.3. The van der Waals surface area contributed by atoms with Crippen molar-refractivity contribution in [3.8, 4) is 0 Å². The highest BCUT2D eigenvalue weighted by atomic mass is 32.2. The van der Waals surface area contributed by atoms with Crippen molar-refractivity contribution in [2.24, 2.45) is 0 Å². The molecule has 0 atom stereocenters. The SMILES string of the molecule is C=CCN(CC=C)S(=O)(=O)c1ccc(C)c(C(=O)O)c1C. The fourth-order valence-electron chi connectivity index (χ4n) is 2.13. The third kappa shape index (κ3) is 3.40. The lowest BCUT2D eigenvalue weighted by atomic mass is 10.0. The number of sulfonamides is 1. The second-order valence-corrected chi connectivity index (χ2v) is 6.49. The van der Waals surface area contributed by atoms with Crippen molar-refractivity contribution in [1.82, 2.24) is 4.31 Å². The first kappa shape index (κ1) is 17.1. The fraction of sp³-hybridized carbons (Fsp3) is 0.267.